The van der Waals surface area contributed by atoms with Crippen LogP contribution in [0.2, 0.25) is 5.15 Å². The first kappa shape index (κ1) is 21.6. The Morgan fingerprint density at radius 1 is 1.06 bits per heavy atom. The van der Waals surface area contributed by atoms with Gasteiger partial charge < -0.3 is 5.32 Å². The Kier molecular flexibility index (Phi) is 6.09. The Morgan fingerprint density at radius 2 is 1.85 bits per heavy atom. The van der Waals surface area contributed by atoms with Gasteiger partial charge in [-0.05, 0) is 54.7 Å². The number of nitrogens with one attached hydrogen (secondary N) is 1. The van der Waals surface area contributed by atoms with Crippen LogP contribution >= 0.6 is 11.6 Å². The number of aromatic nitrogens is 3. The van der Waals surface area contributed by atoms with E-state index in [2.05, 4.69) is 34.7 Å². The van der Waals surface area contributed by atoms with E-state index in [1.54, 1.807) is 22.7 Å². The van der Waals surface area contributed by atoms with Crippen molar-refractivity contribution in [3.05, 3.63) is 88.5 Å². The zero-order valence-electron chi connectivity index (χ0n) is 18.1. The van der Waals surface area contributed by atoms with Gasteiger partial charge in [-0.1, -0.05) is 61.2 Å². The number of nitrogens with zero attached hydrogens (tertiary/aromatic N) is 3. The molecule has 1 amide bonds. The molecule has 1 fully saturated rings. The van der Waals surface area contributed by atoms with Crippen molar-refractivity contribution in [3.63, 3.8) is 0 Å². The van der Waals surface area contributed by atoms with Crippen molar-refractivity contribution in [2.24, 2.45) is 0 Å². The van der Waals surface area contributed by atoms with Gasteiger partial charge in [0, 0.05) is 11.1 Å². The van der Waals surface area contributed by atoms with Crippen LogP contribution in [0.4, 0.5) is 4.39 Å². The molecular weight excluding hydrogens is 439 g/mol. The van der Waals surface area contributed by atoms with Gasteiger partial charge in [-0.25, -0.2) is 13.9 Å². The summed E-state index contributed by atoms with van der Waals surface area (Å²) < 4.78 is 15.2. The molecule has 2 aromatic heterocycles. The quantitative estimate of drug-likeness (QED) is 0.386. The topological polar surface area (TPSA) is 59.3 Å². The van der Waals surface area contributed by atoms with Crippen LogP contribution in [0.5, 0.6) is 0 Å². The second kappa shape index (κ2) is 9.32. The minimum atomic E-state index is -0.454. The van der Waals surface area contributed by atoms with E-state index in [1.165, 1.54) is 55.9 Å². The van der Waals surface area contributed by atoms with Gasteiger partial charge in [-0.3, -0.25) is 4.79 Å². The first-order chi connectivity index (χ1) is 16.1. The molecule has 0 saturated heterocycles. The Labute approximate surface area is 196 Å². The van der Waals surface area contributed by atoms with E-state index in [9.17, 15) is 9.18 Å². The molecule has 0 bridgehead atoms. The Morgan fingerprint density at radius 3 is 2.61 bits per heavy atom. The third kappa shape index (κ3) is 4.62. The molecule has 1 aliphatic carbocycles. The summed E-state index contributed by atoms with van der Waals surface area (Å²) in [6, 6.07) is 17.6. The third-order valence-corrected chi connectivity index (χ3v) is 6.50. The van der Waals surface area contributed by atoms with Gasteiger partial charge >= 0.3 is 0 Å². The first-order valence-corrected chi connectivity index (χ1v) is 11.6. The summed E-state index contributed by atoms with van der Waals surface area (Å²) in [5.41, 5.74) is 4.66. The van der Waals surface area contributed by atoms with Crippen molar-refractivity contribution in [1.29, 1.82) is 0 Å². The molecule has 0 unspecified atom stereocenters. The summed E-state index contributed by atoms with van der Waals surface area (Å²) in [5.74, 6) is -0.200. The maximum atomic E-state index is 13.5. The molecule has 4 aromatic rings. The van der Waals surface area contributed by atoms with Crippen LogP contribution in [0.3, 0.4) is 0 Å². The second-order valence-corrected chi connectivity index (χ2v) is 8.87. The molecule has 1 saturated carbocycles. The SMILES string of the molecule is O=C(NCc1c(-c2ccc(C3CCCCC3)cc2)nc2ccc(Cl)nn12)c1cccc(F)c1. The Bertz CT molecular complexity index is 1300. The molecule has 0 atom stereocenters. The molecular formula is C26H24ClFN4O. The number of amides is 1. The maximum Gasteiger partial charge on any atom is 0.251 e. The highest BCUT2D eigenvalue weighted by Gasteiger charge is 2.19. The van der Waals surface area contributed by atoms with Gasteiger partial charge in [0.15, 0.2) is 5.65 Å². The highest BCUT2D eigenvalue weighted by atomic mass is 35.5. The number of halogens is 2. The van der Waals surface area contributed by atoms with Crippen molar-refractivity contribution in [2.45, 2.75) is 44.6 Å². The highest BCUT2D eigenvalue weighted by molar-refractivity contribution is 6.29. The van der Waals surface area contributed by atoms with Gasteiger partial charge in [0.2, 0.25) is 0 Å². The van der Waals surface area contributed by atoms with Crippen molar-refractivity contribution in [3.8, 4) is 11.3 Å². The van der Waals surface area contributed by atoms with E-state index in [0.29, 0.717) is 22.4 Å². The minimum Gasteiger partial charge on any atom is -0.346 e. The van der Waals surface area contributed by atoms with Crippen molar-refractivity contribution >= 4 is 23.2 Å². The Balaban J connectivity index is 1.46. The Hall–Kier alpha value is -3.25. The average molecular weight is 463 g/mol. The van der Waals surface area contributed by atoms with Gasteiger partial charge in [-0.2, -0.15) is 5.10 Å². The third-order valence-electron chi connectivity index (χ3n) is 6.30. The molecule has 33 heavy (non-hydrogen) atoms. The summed E-state index contributed by atoms with van der Waals surface area (Å²) >= 11 is 6.14. The highest BCUT2D eigenvalue weighted by Crippen LogP contribution is 2.34. The van der Waals surface area contributed by atoms with Crippen LogP contribution in [-0.4, -0.2) is 20.5 Å². The van der Waals surface area contributed by atoms with E-state index in [-0.39, 0.29) is 18.0 Å². The number of imidazole rings is 1. The van der Waals surface area contributed by atoms with Gasteiger partial charge in [0.1, 0.15) is 11.0 Å². The van der Waals surface area contributed by atoms with Gasteiger partial charge in [0.25, 0.3) is 5.91 Å². The fraction of sp³-hybridized carbons (Fsp3) is 0.269. The lowest BCUT2D eigenvalue weighted by atomic mass is 9.84. The smallest absolute Gasteiger partial charge is 0.251 e. The number of rotatable bonds is 5. The van der Waals surface area contributed by atoms with Gasteiger partial charge in [-0.15, -0.1) is 0 Å². The summed E-state index contributed by atoms with van der Waals surface area (Å²) in [5, 5.41) is 7.58. The number of hydrogen-bond donors (Lipinski definition) is 1. The molecule has 1 N–H and O–H groups in total. The van der Waals surface area contributed by atoms with Gasteiger partial charge in [0.05, 0.1) is 17.9 Å². The van der Waals surface area contributed by atoms with Crippen LogP contribution in [-0.2, 0) is 6.54 Å². The van der Waals surface area contributed by atoms with E-state index < -0.39 is 5.82 Å². The lowest BCUT2D eigenvalue weighted by Crippen LogP contribution is -2.24. The van der Waals surface area contributed by atoms with E-state index >= 15 is 0 Å². The van der Waals surface area contributed by atoms with E-state index in [0.717, 1.165) is 11.3 Å². The molecule has 168 valence electrons. The standard InChI is InChI=1S/C26H24ClFN4O/c27-23-13-14-24-30-25(19-11-9-18(10-12-19)17-5-2-1-3-6-17)22(32(24)31-23)16-29-26(33)20-7-4-8-21(28)15-20/h4,7-15,17H,1-3,5-6,16H2,(H,29,33). The summed E-state index contributed by atoms with van der Waals surface area (Å²) in [4.78, 5) is 17.4. The number of fused-ring (bicyclic) bond motifs is 1. The first-order valence-electron chi connectivity index (χ1n) is 11.3. The molecule has 0 radical (unpaired) electrons. The predicted octanol–water partition coefficient (Wildman–Crippen LogP) is 6.17. The normalized spacial score (nSPS) is 14.5. The van der Waals surface area contributed by atoms with E-state index in [4.69, 9.17) is 16.6 Å². The number of carbonyl (C=O) groups is 1. The zero-order chi connectivity index (χ0) is 22.8. The molecule has 0 aliphatic heterocycles. The lowest BCUT2D eigenvalue weighted by Gasteiger charge is -2.22. The van der Waals surface area contributed by atoms with Crippen LogP contribution in [0.1, 0.15) is 59.6 Å². The maximum absolute atomic E-state index is 13.5. The second-order valence-electron chi connectivity index (χ2n) is 8.48. The largest absolute Gasteiger partial charge is 0.346 e. The van der Waals surface area contributed by atoms with Crippen LogP contribution < -0.4 is 5.32 Å². The van der Waals surface area contributed by atoms with Crippen molar-refractivity contribution < 1.29 is 9.18 Å². The molecule has 1 aliphatic rings. The summed E-state index contributed by atoms with van der Waals surface area (Å²) in [6.45, 7) is 0.170. The van der Waals surface area contributed by atoms with E-state index in [1.807, 2.05) is 0 Å². The molecule has 5 rings (SSSR count). The van der Waals surface area contributed by atoms with Crippen LogP contribution in [0.15, 0.2) is 60.7 Å². The summed E-state index contributed by atoms with van der Waals surface area (Å²) in [7, 11) is 0. The minimum absolute atomic E-state index is 0.170. The molecule has 7 heteroatoms. The summed E-state index contributed by atoms with van der Waals surface area (Å²) in [6.07, 6.45) is 6.40. The monoisotopic (exact) mass is 462 g/mol. The average Bonchev–Trinajstić information content (AvgIpc) is 3.20. The molecule has 0 spiro atoms. The lowest BCUT2D eigenvalue weighted by molar-refractivity contribution is 0.0950. The molecule has 2 aromatic carbocycles. The number of hydrogen-bond acceptors (Lipinski definition) is 3. The number of benzene rings is 2. The van der Waals surface area contributed by atoms with Crippen LogP contribution in [0.25, 0.3) is 16.9 Å². The van der Waals surface area contributed by atoms with Crippen LogP contribution in [0, 0.1) is 5.82 Å². The predicted molar refractivity (Wildman–Crippen MR) is 127 cm³/mol. The fourth-order valence-electron chi connectivity index (χ4n) is 4.59. The molecule has 2 heterocycles. The molecule has 5 nitrogen and oxygen atoms in total. The van der Waals surface area contributed by atoms with Crippen molar-refractivity contribution in [2.75, 3.05) is 0 Å². The van der Waals surface area contributed by atoms with Crippen molar-refractivity contribution in [1.82, 2.24) is 19.9 Å². The number of carbonyl (C=O) groups excluding carboxylic acids is 1. The fourth-order valence-corrected chi connectivity index (χ4v) is 4.73. The zero-order valence-corrected chi connectivity index (χ0v) is 18.9.